The van der Waals surface area contributed by atoms with Crippen molar-refractivity contribution >= 4 is 38.8 Å². The lowest BCUT2D eigenvalue weighted by Crippen LogP contribution is -2.80. The molecule has 0 rings (SSSR count). The minimum Gasteiger partial charge on any atom is -0.377 e. The first-order valence-corrected chi connectivity index (χ1v) is 12.7. The molecule has 160 valence electrons. The van der Waals surface area contributed by atoms with Gasteiger partial charge in [-0.15, -0.1) is 12.4 Å². The van der Waals surface area contributed by atoms with Gasteiger partial charge in [0.2, 0.25) is 0 Å². The Bertz CT molecular complexity index is 310. The van der Waals surface area contributed by atoms with E-state index in [1.165, 1.54) is 64.0 Å². The highest BCUT2D eigenvalue weighted by Crippen LogP contribution is 2.57. The molecule has 0 atom stereocenters. The van der Waals surface area contributed by atoms with Crippen LogP contribution in [0.2, 0.25) is 4.28 Å². The van der Waals surface area contributed by atoms with Crippen molar-refractivity contribution in [2.75, 3.05) is 70.5 Å². The number of nitrogens with two attached hydrogens (primary N) is 1. The third-order valence-electron chi connectivity index (χ3n) is 4.51. The molecule has 14 heteroatoms. The van der Waals surface area contributed by atoms with Crippen LogP contribution in [0, 0.1) is 0 Å². The predicted octanol–water partition coefficient (Wildman–Crippen LogP) is 0.210. The summed E-state index contributed by atoms with van der Waals surface area (Å²) in [6.45, 7) is 0.209. The maximum Gasteiger partial charge on any atom is 0.516 e. The van der Waals surface area contributed by atoms with E-state index in [1.807, 2.05) is 0 Å². The van der Waals surface area contributed by atoms with Crippen LogP contribution in [0.1, 0.15) is 6.42 Å². The number of hydrogen-bond acceptors (Lipinski definition) is 10. The minimum absolute atomic E-state index is 0. The molecule has 0 heterocycles. The Hall–Kier alpha value is 0.541. The van der Waals surface area contributed by atoms with Crippen LogP contribution in [0.5, 0.6) is 0 Å². The van der Waals surface area contributed by atoms with E-state index < -0.39 is 30.7 Å². The summed E-state index contributed by atoms with van der Waals surface area (Å²) in [6, 6.07) is 0. The molecule has 0 aliphatic rings. The van der Waals surface area contributed by atoms with E-state index in [9.17, 15) is 0 Å². The van der Waals surface area contributed by atoms with Crippen LogP contribution in [0.15, 0.2) is 0 Å². The molecule has 0 amide bonds. The largest absolute Gasteiger partial charge is 0.516 e. The third-order valence-corrected chi connectivity index (χ3v) is 18.7. The molecule has 0 saturated carbocycles. The van der Waals surface area contributed by atoms with Crippen molar-refractivity contribution in [2.24, 2.45) is 5.73 Å². The summed E-state index contributed by atoms with van der Waals surface area (Å²) in [5.41, 5.74) is 5.96. The Morgan fingerprint density at radius 1 is 0.538 bits per heavy atom. The monoisotopic (exact) mass is 455 g/mol. The summed E-state index contributed by atoms with van der Waals surface area (Å²) in [6.07, 6.45) is 0.248. The lowest BCUT2D eigenvalue weighted by molar-refractivity contribution is 0.0301. The predicted molar refractivity (Wildman–Crippen MR) is 104 cm³/mol. The van der Waals surface area contributed by atoms with Crippen molar-refractivity contribution in [2.45, 2.75) is 10.7 Å². The van der Waals surface area contributed by atoms with Gasteiger partial charge < -0.3 is 45.6 Å². The van der Waals surface area contributed by atoms with Crippen LogP contribution in [-0.4, -0.2) is 96.9 Å². The average molecular weight is 456 g/mol. The lowest BCUT2D eigenvalue weighted by Gasteiger charge is -2.53. The second-order valence-corrected chi connectivity index (χ2v) is 16.0. The number of halogens is 1. The highest BCUT2D eigenvalue weighted by Gasteiger charge is 2.88. The fourth-order valence-corrected chi connectivity index (χ4v) is 19.6. The normalized spacial score (nSPS) is 13.6. The Morgan fingerprint density at radius 2 is 0.731 bits per heavy atom. The Labute approximate surface area is 166 Å². The average Bonchev–Trinajstić information content (AvgIpc) is 2.67. The molecule has 10 nitrogen and oxygen atoms in total. The molecule has 2 N–H and O–H groups in total. The molecule has 0 fully saturated rings. The van der Waals surface area contributed by atoms with Crippen LogP contribution in [0.25, 0.3) is 0 Å². The van der Waals surface area contributed by atoms with Gasteiger partial charge in [-0.25, -0.2) is 0 Å². The van der Waals surface area contributed by atoms with E-state index in [-0.39, 0.29) is 25.4 Å². The van der Waals surface area contributed by atoms with Crippen molar-refractivity contribution in [1.29, 1.82) is 0 Å². The second kappa shape index (κ2) is 12.2. The maximum atomic E-state index is 5.96. The van der Waals surface area contributed by atoms with Crippen LogP contribution in [-0.2, 0) is 39.8 Å². The molecule has 0 saturated heterocycles. The van der Waals surface area contributed by atoms with Gasteiger partial charge in [0.1, 0.15) is 0 Å². The maximum absolute atomic E-state index is 5.96. The van der Waals surface area contributed by atoms with Crippen molar-refractivity contribution in [3.63, 3.8) is 0 Å². The second-order valence-electron chi connectivity index (χ2n) is 4.95. The fourth-order valence-electron chi connectivity index (χ4n) is 3.56. The molecular weight excluding hydrogens is 422 g/mol. The topological polar surface area (TPSA) is 109 Å². The highest BCUT2D eigenvalue weighted by molar-refractivity contribution is 7.02. The fraction of sp³-hybridized carbons (Fsp3) is 1.00. The first-order chi connectivity index (χ1) is 11.9. The lowest BCUT2D eigenvalue weighted by atomic mass is 10.5. The zero-order chi connectivity index (χ0) is 19.8. The molecule has 0 aliphatic heterocycles. The summed E-state index contributed by atoms with van der Waals surface area (Å²) in [5.74, 6) is 0. The van der Waals surface area contributed by atoms with Crippen molar-refractivity contribution < 1.29 is 39.8 Å². The molecule has 0 aromatic carbocycles. The van der Waals surface area contributed by atoms with Crippen LogP contribution < -0.4 is 5.73 Å². The van der Waals surface area contributed by atoms with Crippen molar-refractivity contribution in [3.05, 3.63) is 0 Å². The number of hydrogen-bond donors (Lipinski definition) is 1. The Kier molecular flexibility index (Phi) is 13.5. The summed E-state index contributed by atoms with van der Waals surface area (Å²) >= 11 is 0. The van der Waals surface area contributed by atoms with Gasteiger partial charge in [0.25, 0.3) is 0 Å². The van der Waals surface area contributed by atoms with E-state index in [2.05, 4.69) is 0 Å². The van der Waals surface area contributed by atoms with Crippen LogP contribution in [0.4, 0.5) is 0 Å². The zero-order valence-electron chi connectivity index (χ0n) is 17.1. The van der Waals surface area contributed by atoms with Gasteiger partial charge in [0.05, 0.1) is 0 Å². The molecule has 0 bridgehead atoms. The zero-order valence-corrected chi connectivity index (χ0v) is 20.9. The molecule has 0 aromatic rings. The molecule has 0 unspecified atom stereocenters. The SMILES string of the molecule is CO[Si](OC)(OC)C(CCN)([Si](OC)(OC)OC)[Si](OC)(OC)OC.Cl. The summed E-state index contributed by atoms with van der Waals surface area (Å²) in [4.78, 5) is 0. The van der Waals surface area contributed by atoms with Gasteiger partial charge in [-0.2, -0.15) is 0 Å². The summed E-state index contributed by atoms with van der Waals surface area (Å²) < 4.78 is 51.0. The van der Waals surface area contributed by atoms with E-state index in [0.717, 1.165) is 0 Å². The summed E-state index contributed by atoms with van der Waals surface area (Å²) in [5, 5.41) is 0. The number of rotatable bonds is 14. The summed E-state index contributed by atoms with van der Waals surface area (Å²) in [7, 11) is 2.43. The van der Waals surface area contributed by atoms with E-state index in [1.54, 1.807) is 0 Å². The van der Waals surface area contributed by atoms with Crippen molar-refractivity contribution in [3.8, 4) is 0 Å². The van der Waals surface area contributed by atoms with Crippen LogP contribution >= 0.6 is 12.4 Å². The van der Waals surface area contributed by atoms with Gasteiger partial charge in [0.15, 0.2) is 4.28 Å². The van der Waals surface area contributed by atoms with Gasteiger partial charge in [-0.3, -0.25) is 0 Å². The van der Waals surface area contributed by atoms with Gasteiger partial charge in [0, 0.05) is 64.0 Å². The quantitative estimate of drug-likeness (QED) is 0.365. The Morgan fingerprint density at radius 3 is 0.846 bits per heavy atom. The molecule has 0 spiro atoms. The van der Waals surface area contributed by atoms with Gasteiger partial charge in [-0.1, -0.05) is 0 Å². The van der Waals surface area contributed by atoms with E-state index >= 15 is 0 Å². The van der Waals surface area contributed by atoms with Gasteiger partial charge >= 0.3 is 26.4 Å². The molecule has 0 aromatic heterocycles. The van der Waals surface area contributed by atoms with E-state index in [4.69, 9.17) is 45.6 Å². The molecule has 26 heavy (non-hydrogen) atoms. The molecular formula is C12H34ClNO9Si3. The highest BCUT2D eigenvalue weighted by atomic mass is 35.5. The Balaban J connectivity index is 0. The molecule has 0 radical (unpaired) electrons. The third kappa shape index (κ3) is 3.97. The van der Waals surface area contributed by atoms with Gasteiger partial charge in [-0.05, 0) is 13.0 Å². The first kappa shape index (κ1) is 28.7. The first-order valence-electron chi connectivity index (χ1n) is 7.52. The smallest absolute Gasteiger partial charge is 0.377 e. The standard InChI is InChI=1S/C12H33NO9Si3.ClH/c1-14-23(15-2,16-3)12(10-11-13,24(17-4,18-5)19-6)25(20-7,21-8)22-9;/h10-11,13H2,1-9H3;1H. The minimum atomic E-state index is -3.62. The molecule has 0 aliphatic carbocycles. The van der Waals surface area contributed by atoms with E-state index in [0.29, 0.717) is 0 Å². The van der Waals surface area contributed by atoms with Crippen molar-refractivity contribution in [1.82, 2.24) is 0 Å². The van der Waals surface area contributed by atoms with Crippen LogP contribution in [0.3, 0.4) is 0 Å².